The first-order valence-electron chi connectivity index (χ1n) is 12.2. The largest absolute Gasteiger partial charge is 0.353 e. The molecule has 0 aromatic carbocycles. The van der Waals surface area contributed by atoms with Crippen LogP contribution < -0.4 is 0 Å². The summed E-state index contributed by atoms with van der Waals surface area (Å²) >= 11 is 0. The second-order valence-electron chi connectivity index (χ2n) is 11.7. The molecule has 1 saturated carbocycles. The zero-order chi connectivity index (χ0) is 22.6. The molecule has 31 heavy (non-hydrogen) atoms. The van der Waals surface area contributed by atoms with E-state index in [1.54, 1.807) is 0 Å². The van der Waals surface area contributed by atoms with Crippen molar-refractivity contribution in [2.24, 2.45) is 28.6 Å². The highest BCUT2D eigenvalue weighted by molar-refractivity contribution is 5.88. The third-order valence-electron chi connectivity index (χ3n) is 8.73. The van der Waals surface area contributed by atoms with Crippen molar-refractivity contribution in [3.8, 4) is 12.1 Å². The summed E-state index contributed by atoms with van der Waals surface area (Å²) in [6, 6.07) is 4.56. The molecule has 0 aromatic heterocycles. The number of allylic oxidation sites excluding steroid dienone is 3. The number of Topliss-reactive ketones (excluding diaryl/α,β-unsaturated/α-hetero) is 1. The van der Waals surface area contributed by atoms with E-state index in [0.717, 1.165) is 51.4 Å². The minimum atomic E-state index is -1.26. The summed E-state index contributed by atoms with van der Waals surface area (Å²) in [5, 5.41) is 21.1. The van der Waals surface area contributed by atoms with Gasteiger partial charge in [0.25, 0.3) is 0 Å². The summed E-state index contributed by atoms with van der Waals surface area (Å²) in [6.07, 6.45) is 12.5. The predicted octanol–water partition coefficient (Wildman–Crippen LogP) is 5.92. The molecule has 2 fully saturated rings. The highest BCUT2D eigenvalue weighted by Gasteiger charge is 2.71. The molecule has 1 saturated heterocycles. The van der Waals surface area contributed by atoms with Gasteiger partial charge < -0.3 is 4.90 Å². The Morgan fingerprint density at radius 2 is 1.71 bits per heavy atom. The first-order valence-corrected chi connectivity index (χ1v) is 12.2. The van der Waals surface area contributed by atoms with Crippen LogP contribution in [-0.2, 0) is 4.79 Å². The Hall–Kier alpha value is -2.07. The normalized spacial score (nSPS) is 36.9. The molecule has 0 radical (unpaired) electrons. The van der Waals surface area contributed by atoms with E-state index in [2.05, 4.69) is 56.9 Å². The number of hydrogen-bond acceptors (Lipinski definition) is 4. The van der Waals surface area contributed by atoms with E-state index >= 15 is 0 Å². The van der Waals surface area contributed by atoms with Gasteiger partial charge in [-0.05, 0) is 62.4 Å². The fraction of sp³-hybridized carbons (Fsp3) is 0.741. The Bertz CT molecular complexity index is 886. The van der Waals surface area contributed by atoms with Crippen LogP contribution in [0.2, 0.25) is 0 Å². The maximum Gasteiger partial charge on any atom is 0.175 e. The molecular weight excluding hydrogens is 382 g/mol. The number of carbonyl (C=O) groups is 1. The van der Waals surface area contributed by atoms with Gasteiger partial charge in [0.05, 0.1) is 23.7 Å². The SMILES string of the molecule is CC1CCC(C(=O)[C@@H]2[C@@H](C(C)(C)C)C(C#N)(C#N)[C@@]3(C)C=CC4=C(CCCC4)N23)CC1. The first-order chi connectivity index (χ1) is 14.6. The fourth-order valence-corrected chi connectivity index (χ4v) is 7.06. The van der Waals surface area contributed by atoms with Crippen molar-refractivity contribution in [1.29, 1.82) is 10.5 Å². The lowest BCUT2D eigenvalue weighted by Gasteiger charge is -2.47. The second kappa shape index (κ2) is 7.51. The number of nitriles is 2. The van der Waals surface area contributed by atoms with Crippen molar-refractivity contribution < 1.29 is 4.79 Å². The Kier molecular flexibility index (Phi) is 5.36. The molecule has 0 unspecified atom stereocenters. The molecule has 0 aromatic rings. The van der Waals surface area contributed by atoms with Crippen LogP contribution in [-0.4, -0.2) is 22.3 Å². The average molecular weight is 420 g/mol. The van der Waals surface area contributed by atoms with E-state index in [4.69, 9.17) is 0 Å². The summed E-state index contributed by atoms with van der Waals surface area (Å²) in [5.41, 5.74) is 0.128. The second-order valence-corrected chi connectivity index (χ2v) is 11.7. The van der Waals surface area contributed by atoms with E-state index in [1.807, 2.05) is 6.92 Å². The van der Waals surface area contributed by atoms with Crippen LogP contribution >= 0.6 is 0 Å². The molecule has 0 spiro atoms. The van der Waals surface area contributed by atoms with Gasteiger partial charge in [-0.1, -0.05) is 52.7 Å². The fourth-order valence-electron chi connectivity index (χ4n) is 7.06. The topological polar surface area (TPSA) is 67.9 Å². The van der Waals surface area contributed by atoms with Gasteiger partial charge in [0.15, 0.2) is 11.2 Å². The maximum atomic E-state index is 14.2. The van der Waals surface area contributed by atoms with Gasteiger partial charge in [-0.3, -0.25) is 4.79 Å². The van der Waals surface area contributed by atoms with Gasteiger partial charge in [-0.25, -0.2) is 0 Å². The molecule has 0 bridgehead atoms. The van der Waals surface area contributed by atoms with Crippen molar-refractivity contribution in [2.45, 2.75) is 97.6 Å². The molecule has 0 amide bonds. The van der Waals surface area contributed by atoms with Crippen LogP contribution in [0.4, 0.5) is 0 Å². The summed E-state index contributed by atoms with van der Waals surface area (Å²) < 4.78 is 0. The van der Waals surface area contributed by atoms with Crippen molar-refractivity contribution in [3.05, 3.63) is 23.4 Å². The highest BCUT2D eigenvalue weighted by Crippen LogP contribution is 2.62. The third-order valence-corrected chi connectivity index (χ3v) is 8.73. The van der Waals surface area contributed by atoms with Crippen LogP contribution in [0.3, 0.4) is 0 Å². The standard InChI is InChI=1S/C27H37N3O/c1-18-10-12-20(13-11-18)23(31)22-24(25(2,3)4)27(16-28,17-29)26(5)15-14-19-8-6-7-9-21(19)30(22)26/h14-15,18,20,22,24H,6-13H2,1-5H3/t18?,20?,22-,24+,26-/m1/s1. The summed E-state index contributed by atoms with van der Waals surface area (Å²) in [6.45, 7) is 10.6. The molecule has 4 aliphatic rings. The first kappa shape index (κ1) is 22.1. The minimum Gasteiger partial charge on any atom is -0.353 e. The highest BCUT2D eigenvalue weighted by atomic mass is 16.1. The molecule has 0 N–H and O–H groups in total. The Balaban J connectivity index is 1.90. The molecule has 166 valence electrons. The minimum absolute atomic E-state index is 0.0435. The predicted molar refractivity (Wildman–Crippen MR) is 121 cm³/mol. The van der Waals surface area contributed by atoms with E-state index in [0.29, 0.717) is 5.92 Å². The lowest BCUT2D eigenvalue weighted by atomic mass is 9.57. The number of hydrogen-bond donors (Lipinski definition) is 0. The molecule has 4 heteroatoms. The molecule has 4 nitrogen and oxygen atoms in total. The van der Waals surface area contributed by atoms with E-state index in [-0.39, 0.29) is 23.0 Å². The van der Waals surface area contributed by atoms with E-state index in [9.17, 15) is 15.3 Å². The summed E-state index contributed by atoms with van der Waals surface area (Å²) in [4.78, 5) is 16.5. The van der Waals surface area contributed by atoms with E-state index in [1.165, 1.54) is 11.3 Å². The lowest BCUT2D eigenvalue weighted by molar-refractivity contribution is -0.131. The van der Waals surface area contributed by atoms with Gasteiger partial charge >= 0.3 is 0 Å². The number of rotatable bonds is 2. The third kappa shape index (κ3) is 3.09. The van der Waals surface area contributed by atoms with E-state index < -0.39 is 17.0 Å². The van der Waals surface area contributed by atoms with Crippen LogP contribution in [0, 0.1) is 51.2 Å². The van der Waals surface area contributed by atoms with Gasteiger partial charge in [-0.2, -0.15) is 10.5 Å². The molecular formula is C27H37N3O. The maximum absolute atomic E-state index is 14.2. The molecule has 2 aliphatic heterocycles. The molecule has 2 aliphatic carbocycles. The van der Waals surface area contributed by atoms with Gasteiger partial charge in [0, 0.05) is 17.5 Å². The van der Waals surface area contributed by atoms with Crippen LogP contribution in [0.1, 0.15) is 86.0 Å². The van der Waals surface area contributed by atoms with Crippen molar-refractivity contribution >= 4 is 5.78 Å². The Labute approximate surface area is 188 Å². The van der Waals surface area contributed by atoms with Crippen molar-refractivity contribution in [2.75, 3.05) is 0 Å². The number of carbonyl (C=O) groups excluding carboxylic acids is 1. The monoisotopic (exact) mass is 419 g/mol. The summed E-state index contributed by atoms with van der Waals surface area (Å²) in [5.74, 6) is 0.657. The zero-order valence-electron chi connectivity index (χ0n) is 19.9. The quantitative estimate of drug-likeness (QED) is 0.557. The van der Waals surface area contributed by atoms with Crippen LogP contribution in [0.5, 0.6) is 0 Å². The number of ketones is 1. The average Bonchev–Trinajstić information content (AvgIpc) is 2.99. The zero-order valence-corrected chi connectivity index (χ0v) is 19.9. The molecule has 4 rings (SSSR count). The van der Waals surface area contributed by atoms with Gasteiger partial charge in [0.1, 0.15) is 0 Å². The number of fused-ring (bicyclic) bond motifs is 2. The van der Waals surface area contributed by atoms with Crippen LogP contribution in [0.25, 0.3) is 0 Å². The molecule has 2 heterocycles. The van der Waals surface area contributed by atoms with Gasteiger partial charge in [0.2, 0.25) is 0 Å². The van der Waals surface area contributed by atoms with Gasteiger partial charge in [-0.15, -0.1) is 0 Å². The smallest absolute Gasteiger partial charge is 0.175 e. The van der Waals surface area contributed by atoms with Crippen molar-refractivity contribution in [3.63, 3.8) is 0 Å². The van der Waals surface area contributed by atoms with Crippen LogP contribution in [0.15, 0.2) is 23.4 Å². The molecule has 3 atom stereocenters. The Morgan fingerprint density at radius 1 is 1.10 bits per heavy atom. The lowest BCUT2D eigenvalue weighted by Crippen LogP contribution is -2.53. The number of nitrogens with zero attached hydrogens (tertiary/aromatic N) is 3. The Morgan fingerprint density at radius 3 is 2.29 bits per heavy atom. The summed E-state index contributed by atoms with van der Waals surface area (Å²) in [7, 11) is 0. The van der Waals surface area contributed by atoms with Crippen molar-refractivity contribution in [1.82, 2.24) is 4.90 Å².